The predicted octanol–water partition coefficient (Wildman–Crippen LogP) is 12.4. The van der Waals surface area contributed by atoms with Crippen molar-refractivity contribution < 1.29 is 4.57 Å². The minimum absolute atomic E-state index is 0.534. The van der Waals surface area contributed by atoms with Crippen molar-refractivity contribution in [3.63, 3.8) is 0 Å². The molecule has 0 saturated heterocycles. The molecule has 1 heterocycles. The van der Waals surface area contributed by atoms with Crippen LogP contribution in [0.4, 0.5) is 0 Å². The van der Waals surface area contributed by atoms with E-state index >= 15 is 0 Å². The maximum Gasteiger partial charge on any atom is 0.256 e. The van der Waals surface area contributed by atoms with E-state index in [-0.39, 0.29) is 0 Å². The third-order valence-electron chi connectivity index (χ3n) is 9.80. The van der Waals surface area contributed by atoms with Crippen LogP contribution in [0.15, 0.2) is 73.1 Å². The van der Waals surface area contributed by atoms with Gasteiger partial charge in [-0.2, -0.15) is 0 Å². The molecule has 2 aromatic carbocycles. The third kappa shape index (κ3) is 14.2. The van der Waals surface area contributed by atoms with Gasteiger partial charge in [-0.25, -0.2) is 9.13 Å². The molecule has 2 atom stereocenters. The van der Waals surface area contributed by atoms with E-state index < -0.39 is 0 Å². The molecule has 0 radical (unpaired) electrons. The lowest BCUT2D eigenvalue weighted by Gasteiger charge is -2.18. The van der Waals surface area contributed by atoms with Crippen molar-refractivity contribution in [1.29, 1.82) is 0 Å². The Labute approximate surface area is 272 Å². The van der Waals surface area contributed by atoms with Crippen molar-refractivity contribution in [2.75, 3.05) is 0 Å². The Morgan fingerprint density at radius 3 is 1.70 bits per heavy atom. The van der Waals surface area contributed by atoms with Crippen LogP contribution in [-0.4, -0.2) is 4.57 Å². The summed E-state index contributed by atoms with van der Waals surface area (Å²) in [6, 6.07) is 22.9. The van der Waals surface area contributed by atoms with Crippen molar-refractivity contribution in [2.45, 2.75) is 174 Å². The van der Waals surface area contributed by atoms with Crippen LogP contribution in [-0.2, 0) is 19.4 Å². The van der Waals surface area contributed by atoms with Gasteiger partial charge < -0.3 is 0 Å². The zero-order chi connectivity index (χ0) is 31.1. The highest BCUT2D eigenvalue weighted by molar-refractivity contribution is 5.24. The van der Waals surface area contributed by atoms with Gasteiger partial charge in [-0.15, -0.1) is 0 Å². The number of imidazole rings is 1. The average molecular weight is 600 g/mol. The Kier molecular flexibility index (Phi) is 18.9. The second kappa shape index (κ2) is 23.1. The minimum atomic E-state index is 0.534. The lowest BCUT2D eigenvalue weighted by Crippen LogP contribution is -2.38. The first-order valence-electron chi connectivity index (χ1n) is 18.9. The fraction of sp³-hybridized carbons (Fsp3) is 0.643. The zero-order valence-electron chi connectivity index (χ0n) is 29.0. The topological polar surface area (TPSA) is 8.81 Å². The molecule has 0 saturated carbocycles. The zero-order valence-corrected chi connectivity index (χ0v) is 29.0. The molecule has 0 spiro atoms. The maximum absolute atomic E-state index is 2.65. The van der Waals surface area contributed by atoms with Gasteiger partial charge in [-0.1, -0.05) is 164 Å². The van der Waals surface area contributed by atoms with Crippen LogP contribution in [0.5, 0.6) is 0 Å². The third-order valence-corrected chi connectivity index (χ3v) is 9.80. The molecule has 2 nitrogen and oxygen atoms in total. The average Bonchev–Trinajstić information content (AvgIpc) is 3.47. The van der Waals surface area contributed by atoms with Crippen molar-refractivity contribution >= 4 is 0 Å². The van der Waals surface area contributed by atoms with Crippen LogP contribution in [0, 0.1) is 0 Å². The summed E-state index contributed by atoms with van der Waals surface area (Å²) in [6.45, 7) is 8.24. The molecule has 2 unspecified atom stereocenters. The first-order valence-corrected chi connectivity index (χ1v) is 18.9. The molecule has 0 fully saturated rings. The van der Waals surface area contributed by atoms with E-state index in [1.54, 1.807) is 5.82 Å². The number of hydrogen-bond acceptors (Lipinski definition) is 0. The standard InChI is InChI=1S/C42H67N2/c1-4-6-8-10-12-13-14-15-16-18-26-34-43-35-36-44(38(3)27-21-17-11-9-7-5-2)42(43)33-32-41(40-30-24-20-25-31-40)37-39-28-22-19-23-29-39/h19-20,22-25,28-31,35-36,38,41H,4-18,21,26-27,32-34,37H2,1-3H3/q+1. The van der Waals surface area contributed by atoms with Crippen molar-refractivity contribution in [2.24, 2.45) is 0 Å². The number of aromatic nitrogens is 2. The molecule has 0 aliphatic heterocycles. The molecule has 1 aromatic heterocycles. The smallest absolute Gasteiger partial charge is 0.234 e. The molecule has 0 aliphatic rings. The highest BCUT2D eigenvalue weighted by Crippen LogP contribution is 2.27. The monoisotopic (exact) mass is 600 g/mol. The van der Waals surface area contributed by atoms with Crippen LogP contribution in [0.1, 0.15) is 172 Å². The number of rotatable bonds is 26. The highest BCUT2D eigenvalue weighted by Gasteiger charge is 2.23. The number of unbranched alkanes of at least 4 members (excludes halogenated alkanes) is 15. The summed E-state index contributed by atoms with van der Waals surface area (Å²) in [5.74, 6) is 2.08. The molecule has 0 bridgehead atoms. The van der Waals surface area contributed by atoms with Crippen LogP contribution in [0.25, 0.3) is 0 Å². The van der Waals surface area contributed by atoms with Crippen LogP contribution >= 0.6 is 0 Å². The Morgan fingerprint density at radius 2 is 1.11 bits per heavy atom. The SMILES string of the molecule is CCCCCCCCCCCCC[n+]1ccn(C(C)CCCCCCCC)c1CCC(Cc1ccccc1)c1ccccc1. The van der Waals surface area contributed by atoms with Gasteiger partial charge in [-0.3, -0.25) is 0 Å². The summed E-state index contributed by atoms with van der Waals surface area (Å²) in [7, 11) is 0. The van der Waals surface area contributed by atoms with Gasteiger partial charge in [0.1, 0.15) is 12.4 Å². The Bertz CT molecular complexity index is 1070. The molecule has 44 heavy (non-hydrogen) atoms. The van der Waals surface area contributed by atoms with Gasteiger partial charge in [0.05, 0.1) is 12.6 Å². The fourth-order valence-electron chi connectivity index (χ4n) is 6.97. The van der Waals surface area contributed by atoms with E-state index in [0.29, 0.717) is 12.0 Å². The first-order chi connectivity index (χ1) is 21.7. The van der Waals surface area contributed by atoms with Crippen LogP contribution in [0.3, 0.4) is 0 Å². The van der Waals surface area contributed by atoms with Gasteiger partial charge in [0.25, 0.3) is 5.82 Å². The molecule has 0 amide bonds. The van der Waals surface area contributed by atoms with Crippen LogP contribution < -0.4 is 4.57 Å². The van der Waals surface area contributed by atoms with E-state index in [0.717, 1.165) is 19.4 Å². The normalized spacial score (nSPS) is 12.9. The Morgan fingerprint density at radius 1 is 0.591 bits per heavy atom. The molecule has 0 N–H and O–H groups in total. The highest BCUT2D eigenvalue weighted by atomic mass is 15.2. The second-order valence-corrected chi connectivity index (χ2v) is 13.6. The Hall–Kier alpha value is -2.35. The molecule has 2 heteroatoms. The minimum Gasteiger partial charge on any atom is -0.234 e. The molecule has 244 valence electrons. The summed E-state index contributed by atoms with van der Waals surface area (Å²) < 4.78 is 5.27. The first kappa shape index (κ1) is 36.1. The summed E-state index contributed by atoms with van der Waals surface area (Å²) >= 11 is 0. The van der Waals surface area contributed by atoms with Gasteiger partial charge in [0.2, 0.25) is 0 Å². The molecular weight excluding hydrogens is 532 g/mol. The molecule has 0 aliphatic carbocycles. The van der Waals surface area contributed by atoms with E-state index in [1.165, 1.54) is 133 Å². The largest absolute Gasteiger partial charge is 0.256 e. The van der Waals surface area contributed by atoms with E-state index in [2.05, 4.69) is 103 Å². The summed E-state index contributed by atoms with van der Waals surface area (Å²) in [4.78, 5) is 0. The number of nitrogens with zero attached hydrogens (tertiary/aromatic N) is 2. The van der Waals surface area contributed by atoms with Gasteiger partial charge in [-0.05, 0) is 62.5 Å². The van der Waals surface area contributed by atoms with Crippen molar-refractivity contribution in [3.05, 3.63) is 90.0 Å². The number of aryl methyl sites for hydroxylation is 1. The van der Waals surface area contributed by atoms with E-state index in [1.807, 2.05) is 0 Å². The van der Waals surface area contributed by atoms with Crippen molar-refractivity contribution in [1.82, 2.24) is 4.57 Å². The van der Waals surface area contributed by atoms with E-state index in [4.69, 9.17) is 0 Å². The summed E-state index contributed by atoms with van der Waals surface area (Å²) in [5.41, 5.74) is 2.92. The summed E-state index contributed by atoms with van der Waals surface area (Å²) in [5, 5.41) is 0. The Balaban J connectivity index is 1.59. The lowest BCUT2D eigenvalue weighted by atomic mass is 9.88. The van der Waals surface area contributed by atoms with Gasteiger partial charge in [0.15, 0.2) is 0 Å². The molecule has 3 aromatic rings. The summed E-state index contributed by atoms with van der Waals surface area (Å²) in [6.07, 6.45) is 33.2. The van der Waals surface area contributed by atoms with Crippen molar-refractivity contribution in [3.8, 4) is 0 Å². The predicted molar refractivity (Wildman–Crippen MR) is 191 cm³/mol. The van der Waals surface area contributed by atoms with E-state index in [9.17, 15) is 0 Å². The fourth-order valence-corrected chi connectivity index (χ4v) is 6.97. The molecule has 3 rings (SSSR count). The van der Waals surface area contributed by atoms with Gasteiger partial charge >= 0.3 is 0 Å². The number of benzene rings is 2. The second-order valence-electron chi connectivity index (χ2n) is 13.6. The lowest BCUT2D eigenvalue weighted by molar-refractivity contribution is -0.704. The molecular formula is C42H67N2+. The maximum atomic E-state index is 2.65. The van der Waals surface area contributed by atoms with Gasteiger partial charge in [0, 0.05) is 6.42 Å². The quantitative estimate of drug-likeness (QED) is 0.0641. The van der Waals surface area contributed by atoms with Crippen LogP contribution in [0.2, 0.25) is 0 Å². The number of hydrogen-bond donors (Lipinski definition) is 0.